The molecule has 2 aliphatic heterocycles. The minimum absolute atomic E-state index is 0.224. The number of rotatable bonds is 7. The highest BCUT2D eigenvalue weighted by Gasteiger charge is 2.56. The zero-order valence-corrected chi connectivity index (χ0v) is 28.1. The maximum Gasteiger partial charge on any atom is 0.338 e. The first kappa shape index (κ1) is 31.1. The van der Waals surface area contributed by atoms with E-state index in [0.29, 0.717) is 26.8 Å². The van der Waals surface area contributed by atoms with E-state index in [1.165, 1.54) is 16.7 Å². The quantitative estimate of drug-likeness (QED) is 0.152. The molecule has 0 spiro atoms. The molecule has 3 amide bonds. The summed E-state index contributed by atoms with van der Waals surface area (Å²) in [6, 6.07) is 26.9. The molecule has 1 N–H and O–H groups in total. The second-order valence-electron chi connectivity index (χ2n) is 11.1. The van der Waals surface area contributed by atoms with Crippen molar-refractivity contribution in [2.75, 3.05) is 16.8 Å². The molecule has 0 radical (unpaired) electrons. The normalized spacial score (nSPS) is 18.6. The number of aromatic nitrogens is 1. The molecule has 2 aliphatic rings. The molecule has 1 fully saturated rings. The third kappa shape index (κ3) is 5.60. The van der Waals surface area contributed by atoms with E-state index in [1.54, 1.807) is 19.1 Å². The summed E-state index contributed by atoms with van der Waals surface area (Å²) in [7, 11) is 0. The molecule has 5 aromatic rings. The Balaban J connectivity index is 1.24. The van der Waals surface area contributed by atoms with Crippen molar-refractivity contribution in [1.29, 1.82) is 0 Å². The molecule has 7 rings (SSSR count). The molecular weight excluding hydrogens is 702 g/mol. The van der Waals surface area contributed by atoms with Crippen LogP contribution in [-0.4, -0.2) is 40.1 Å². The van der Waals surface area contributed by atoms with Gasteiger partial charge in [0.2, 0.25) is 17.7 Å². The molecule has 1 aromatic heterocycles. The van der Waals surface area contributed by atoms with Crippen LogP contribution in [0.3, 0.4) is 0 Å². The van der Waals surface area contributed by atoms with Crippen LogP contribution in [0.4, 0.5) is 11.4 Å². The number of benzene rings is 4. The van der Waals surface area contributed by atoms with Crippen molar-refractivity contribution in [3.05, 3.63) is 121 Å². The number of thiazole rings is 1. The summed E-state index contributed by atoms with van der Waals surface area (Å²) in [5.74, 6) is -3.08. The van der Waals surface area contributed by atoms with Crippen LogP contribution in [0.15, 0.2) is 105 Å². The van der Waals surface area contributed by atoms with Crippen LogP contribution in [0.25, 0.3) is 10.8 Å². The maximum absolute atomic E-state index is 14.2. The van der Waals surface area contributed by atoms with Gasteiger partial charge >= 0.3 is 10.8 Å². The summed E-state index contributed by atoms with van der Waals surface area (Å²) in [5, 5.41) is 4.46. The van der Waals surface area contributed by atoms with E-state index in [0.717, 1.165) is 48.8 Å². The Morgan fingerprint density at radius 2 is 1.62 bits per heavy atom. The lowest BCUT2D eigenvalue weighted by Crippen LogP contribution is -2.33. The molecular formula is C35H26BrN3O6S2. The number of hydrogen-bond donors (Lipinski definition) is 1. The molecule has 2 unspecified atom stereocenters. The van der Waals surface area contributed by atoms with Gasteiger partial charge in [-0.25, -0.2) is 9.69 Å². The Kier molecular flexibility index (Phi) is 8.33. The van der Waals surface area contributed by atoms with Crippen molar-refractivity contribution in [2.45, 2.75) is 29.7 Å². The minimum atomic E-state index is -0.838. The van der Waals surface area contributed by atoms with E-state index in [-0.39, 0.29) is 23.9 Å². The van der Waals surface area contributed by atoms with Gasteiger partial charge in [-0.2, -0.15) is 0 Å². The van der Waals surface area contributed by atoms with Gasteiger partial charge in [-0.1, -0.05) is 87.6 Å². The molecule has 12 heteroatoms. The fourth-order valence-electron chi connectivity index (χ4n) is 6.17. The first-order valence-corrected chi connectivity index (χ1v) is 17.3. The van der Waals surface area contributed by atoms with E-state index in [4.69, 9.17) is 4.74 Å². The van der Waals surface area contributed by atoms with Crippen molar-refractivity contribution >= 4 is 84.9 Å². The van der Waals surface area contributed by atoms with E-state index in [9.17, 15) is 24.0 Å². The van der Waals surface area contributed by atoms with Crippen LogP contribution < -0.4 is 15.1 Å². The summed E-state index contributed by atoms with van der Waals surface area (Å²) in [6.07, 6.45) is 0. The third-order valence-electron chi connectivity index (χ3n) is 8.28. The minimum Gasteiger partial charge on any atom is -0.462 e. The fraction of sp³-hybridized carbons (Fsp3) is 0.171. The maximum atomic E-state index is 14.2. The van der Waals surface area contributed by atoms with Gasteiger partial charge in [-0.05, 0) is 60.3 Å². The van der Waals surface area contributed by atoms with Gasteiger partial charge in [0.25, 0.3) is 0 Å². The predicted octanol–water partition coefficient (Wildman–Crippen LogP) is 6.44. The van der Waals surface area contributed by atoms with E-state index >= 15 is 0 Å². The summed E-state index contributed by atoms with van der Waals surface area (Å²) in [6.45, 7) is 1.68. The smallest absolute Gasteiger partial charge is 0.338 e. The zero-order valence-electron chi connectivity index (χ0n) is 24.8. The average Bonchev–Trinajstić information content (AvgIpc) is 3.51. The van der Waals surface area contributed by atoms with E-state index in [2.05, 4.69) is 21.2 Å². The highest BCUT2D eigenvalue weighted by Crippen LogP contribution is 2.54. The molecule has 9 nitrogen and oxygen atoms in total. The van der Waals surface area contributed by atoms with Crippen molar-refractivity contribution < 1.29 is 23.9 Å². The number of carbonyl (C=O) groups excluding carboxylic acids is 4. The van der Waals surface area contributed by atoms with Crippen molar-refractivity contribution in [3.8, 4) is 0 Å². The fourth-order valence-corrected chi connectivity index (χ4v) is 9.21. The van der Waals surface area contributed by atoms with Gasteiger partial charge in [0, 0.05) is 26.3 Å². The second-order valence-corrected chi connectivity index (χ2v) is 14.1. The number of anilines is 2. The summed E-state index contributed by atoms with van der Waals surface area (Å²) in [4.78, 5) is 68.8. The van der Waals surface area contributed by atoms with Crippen LogP contribution in [0.2, 0.25) is 0 Å². The largest absolute Gasteiger partial charge is 0.462 e. The van der Waals surface area contributed by atoms with Gasteiger partial charge in [0.05, 0.1) is 28.8 Å². The number of carbonyl (C=O) groups is 4. The highest BCUT2D eigenvalue weighted by molar-refractivity contribution is 9.10. The lowest BCUT2D eigenvalue weighted by molar-refractivity contribution is -0.122. The number of fused-ring (bicyclic) bond motifs is 3. The Labute approximate surface area is 285 Å². The Hall–Kier alpha value is -4.52. The van der Waals surface area contributed by atoms with Crippen molar-refractivity contribution in [1.82, 2.24) is 4.57 Å². The van der Waals surface area contributed by atoms with E-state index < -0.39 is 34.9 Å². The molecule has 3 heterocycles. The number of nitrogens with one attached hydrogen (secondary N) is 1. The summed E-state index contributed by atoms with van der Waals surface area (Å²) < 4.78 is 7.31. The molecule has 0 saturated carbocycles. The number of thioether (sulfide) groups is 1. The van der Waals surface area contributed by atoms with Gasteiger partial charge < -0.3 is 10.1 Å². The van der Waals surface area contributed by atoms with Crippen LogP contribution in [-0.2, 0) is 25.7 Å². The molecule has 236 valence electrons. The number of halogens is 1. The lowest BCUT2D eigenvalue weighted by atomic mass is 9.83. The summed E-state index contributed by atoms with van der Waals surface area (Å²) in [5.41, 5.74) is 2.06. The predicted molar refractivity (Wildman–Crippen MR) is 185 cm³/mol. The van der Waals surface area contributed by atoms with Crippen LogP contribution in [0.5, 0.6) is 0 Å². The van der Waals surface area contributed by atoms with Gasteiger partial charge in [0.1, 0.15) is 11.8 Å². The number of amides is 3. The SMILES string of the molecule is CCOC(=O)c1ccc(N2C(=O)C3Sc4c(sc(=O)n4CC(=O)Nc4cccc5ccccc45)[C@H](c4ccc(Br)cc4)C3C2=O)cc1. The zero-order chi connectivity index (χ0) is 32.8. The number of hydrogen-bond acceptors (Lipinski definition) is 8. The standard InChI is InChI=1S/C35H26BrN3O6S2/c1-2-45-34(43)21-12-16-23(17-13-21)39-31(41)28-27(20-10-14-22(36)15-11-20)30-33(46-29(28)32(39)42)38(35(44)47-30)18-26(40)37-25-9-5-7-19-6-3-4-8-24(19)25/h3-17,27-29H,2,18H2,1H3,(H,37,40)/t27-,28?,29?/m1/s1. The van der Waals surface area contributed by atoms with Crippen molar-refractivity contribution in [2.24, 2.45) is 5.92 Å². The Bertz CT molecular complexity index is 2120. The van der Waals surface area contributed by atoms with Crippen molar-refractivity contribution in [3.63, 3.8) is 0 Å². The molecule has 4 aromatic carbocycles. The Morgan fingerprint density at radius 1 is 0.894 bits per heavy atom. The van der Waals surface area contributed by atoms with Gasteiger partial charge in [-0.15, -0.1) is 0 Å². The van der Waals surface area contributed by atoms with Gasteiger partial charge in [0.15, 0.2) is 0 Å². The number of ether oxygens (including phenoxy) is 1. The number of esters is 1. The number of imide groups is 1. The highest BCUT2D eigenvalue weighted by atomic mass is 79.9. The summed E-state index contributed by atoms with van der Waals surface area (Å²) >= 11 is 5.61. The average molecular weight is 729 g/mol. The van der Waals surface area contributed by atoms with Crippen LogP contribution in [0, 0.1) is 5.92 Å². The third-order valence-corrected chi connectivity index (χ3v) is 11.4. The van der Waals surface area contributed by atoms with Crippen LogP contribution in [0.1, 0.15) is 33.6 Å². The lowest BCUT2D eigenvalue weighted by Gasteiger charge is -2.30. The molecule has 0 bridgehead atoms. The first-order chi connectivity index (χ1) is 22.7. The number of nitrogens with zero attached hydrogens (tertiary/aromatic N) is 2. The second kappa shape index (κ2) is 12.6. The molecule has 47 heavy (non-hydrogen) atoms. The molecule has 0 aliphatic carbocycles. The van der Waals surface area contributed by atoms with Gasteiger partial charge in [-0.3, -0.25) is 23.7 Å². The topological polar surface area (TPSA) is 115 Å². The monoisotopic (exact) mass is 727 g/mol. The Morgan fingerprint density at radius 3 is 2.36 bits per heavy atom. The van der Waals surface area contributed by atoms with E-state index in [1.807, 2.05) is 66.7 Å². The molecule has 3 atom stereocenters. The molecule has 1 saturated heterocycles. The van der Waals surface area contributed by atoms with Crippen LogP contribution >= 0.6 is 39.0 Å². The first-order valence-electron chi connectivity index (χ1n) is 14.8.